The molecule has 0 aliphatic rings. The average Bonchev–Trinajstić information content (AvgIpc) is 2.72. The summed E-state index contributed by atoms with van der Waals surface area (Å²) in [7, 11) is 1.55. The minimum atomic E-state index is -0.550. The molecule has 7 heteroatoms. The van der Waals surface area contributed by atoms with Gasteiger partial charge in [0, 0.05) is 6.20 Å². The first-order chi connectivity index (χ1) is 13.6. The third-order valence-corrected chi connectivity index (χ3v) is 4.46. The molecule has 0 amide bonds. The second-order valence-electron chi connectivity index (χ2n) is 6.21. The van der Waals surface area contributed by atoms with Crippen molar-refractivity contribution in [2.75, 3.05) is 7.11 Å². The lowest BCUT2D eigenvalue weighted by Crippen LogP contribution is -2.40. The van der Waals surface area contributed by atoms with Gasteiger partial charge in [-0.05, 0) is 54.1 Å². The van der Waals surface area contributed by atoms with E-state index in [-0.39, 0.29) is 12.2 Å². The maximum Gasteiger partial charge on any atom is 0.337 e. The van der Waals surface area contributed by atoms with Crippen LogP contribution < -0.4 is 16.0 Å². The molecule has 0 radical (unpaired) electrons. The summed E-state index contributed by atoms with van der Waals surface area (Å²) in [5, 5.41) is 0.300. The van der Waals surface area contributed by atoms with E-state index in [9.17, 15) is 14.0 Å². The number of hydrogen-bond acceptors (Lipinski definition) is 4. The van der Waals surface area contributed by atoms with Gasteiger partial charge in [-0.15, -0.1) is 0 Å². The van der Waals surface area contributed by atoms with Gasteiger partial charge in [-0.2, -0.15) is 0 Å². The zero-order chi connectivity index (χ0) is 19.7. The summed E-state index contributed by atoms with van der Waals surface area (Å²) in [6.45, 7) is -0.0452. The second-order valence-corrected chi connectivity index (χ2v) is 6.21. The molecular formula is C21H16FN3O3. The molecule has 0 spiro atoms. The van der Waals surface area contributed by atoms with Crippen molar-refractivity contribution >= 4 is 11.0 Å². The molecule has 0 fully saturated rings. The third-order valence-electron chi connectivity index (χ3n) is 4.46. The maximum absolute atomic E-state index is 13.5. The van der Waals surface area contributed by atoms with Crippen molar-refractivity contribution < 1.29 is 9.13 Å². The van der Waals surface area contributed by atoms with Gasteiger partial charge in [-0.3, -0.25) is 9.36 Å². The summed E-state index contributed by atoms with van der Waals surface area (Å²) in [6.07, 6.45) is 1.53. The van der Waals surface area contributed by atoms with Crippen molar-refractivity contribution in [3.05, 3.63) is 99.1 Å². The monoisotopic (exact) mass is 377 g/mol. The Kier molecular flexibility index (Phi) is 4.49. The first-order valence-electron chi connectivity index (χ1n) is 8.58. The smallest absolute Gasteiger partial charge is 0.337 e. The van der Waals surface area contributed by atoms with Crippen LogP contribution in [0.1, 0.15) is 5.56 Å². The van der Waals surface area contributed by atoms with Crippen molar-refractivity contribution in [3.63, 3.8) is 0 Å². The van der Waals surface area contributed by atoms with E-state index >= 15 is 0 Å². The van der Waals surface area contributed by atoms with Gasteiger partial charge in [0.2, 0.25) is 0 Å². The Morgan fingerprint density at radius 1 is 1.04 bits per heavy atom. The lowest BCUT2D eigenvalue weighted by atomic mass is 10.2. The summed E-state index contributed by atoms with van der Waals surface area (Å²) in [5.41, 5.74) is 0.303. The van der Waals surface area contributed by atoms with Crippen molar-refractivity contribution in [3.8, 4) is 11.4 Å². The number of hydrogen-bond donors (Lipinski definition) is 0. The highest BCUT2D eigenvalue weighted by Gasteiger charge is 2.16. The molecular weight excluding hydrogens is 361 g/mol. The fraction of sp³-hybridized carbons (Fsp3) is 0.0952. The lowest BCUT2D eigenvalue weighted by molar-refractivity contribution is 0.414. The van der Waals surface area contributed by atoms with Gasteiger partial charge in [0.25, 0.3) is 5.56 Å². The van der Waals surface area contributed by atoms with E-state index in [0.29, 0.717) is 22.4 Å². The predicted molar refractivity (Wildman–Crippen MR) is 104 cm³/mol. The molecule has 0 N–H and O–H groups in total. The molecule has 140 valence electrons. The number of nitrogens with zero attached hydrogens (tertiary/aromatic N) is 3. The summed E-state index contributed by atoms with van der Waals surface area (Å²) >= 11 is 0. The van der Waals surface area contributed by atoms with Crippen molar-refractivity contribution in [2.45, 2.75) is 6.54 Å². The minimum absolute atomic E-state index is 0.0452. The highest BCUT2D eigenvalue weighted by molar-refractivity contribution is 5.75. The Morgan fingerprint density at radius 3 is 2.54 bits per heavy atom. The van der Waals surface area contributed by atoms with Crippen LogP contribution in [-0.4, -0.2) is 21.2 Å². The van der Waals surface area contributed by atoms with Crippen LogP contribution in [-0.2, 0) is 6.54 Å². The molecule has 0 saturated carbocycles. The molecule has 2 aromatic heterocycles. The van der Waals surface area contributed by atoms with E-state index in [1.54, 1.807) is 55.6 Å². The Balaban J connectivity index is 1.98. The summed E-state index contributed by atoms with van der Waals surface area (Å²) in [6, 6.07) is 15.9. The largest absolute Gasteiger partial charge is 0.497 e. The average molecular weight is 377 g/mol. The quantitative estimate of drug-likeness (QED) is 0.549. The zero-order valence-corrected chi connectivity index (χ0v) is 15.0. The van der Waals surface area contributed by atoms with Crippen molar-refractivity contribution in [1.82, 2.24) is 14.1 Å². The minimum Gasteiger partial charge on any atom is -0.497 e. The van der Waals surface area contributed by atoms with Gasteiger partial charge >= 0.3 is 5.69 Å². The predicted octanol–water partition coefficient (Wildman–Crippen LogP) is 2.74. The van der Waals surface area contributed by atoms with Crippen LogP contribution in [0.3, 0.4) is 0 Å². The van der Waals surface area contributed by atoms with E-state index in [1.165, 1.54) is 22.9 Å². The van der Waals surface area contributed by atoms with Crippen LogP contribution in [0.4, 0.5) is 4.39 Å². The first-order valence-corrected chi connectivity index (χ1v) is 8.58. The zero-order valence-electron chi connectivity index (χ0n) is 15.0. The molecule has 0 atom stereocenters. The number of benzene rings is 2. The van der Waals surface area contributed by atoms with Crippen molar-refractivity contribution in [2.24, 2.45) is 0 Å². The number of rotatable bonds is 4. The fourth-order valence-electron chi connectivity index (χ4n) is 3.11. The lowest BCUT2D eigenvalue weighted by Gasteiger charge is -2.14. The van der Waals surface area contributed by atoms with Crippen LogP contribution in [0.15, 0.2) is 76.4 Å². The fourth-order valence-corrected chi connectivity index (χ4v) is 3.11. The summed E-state index contributed by atoms with van der Waals surface area (Å²) in [4.78, 5) is 30.4. The Morgan fingerprint density at radius 2 is 1.82 bits per heavy atom. The van der Waals surface area contributed by atoms with Crippen LogP contribution >= 0.6 is 0 Å². The van der Waals surface area contributed by atoms with Crippen LogP contribution in [0, 0.1) is 5.82 Å². The second kappa shape index (κ2) is 7.11. The molecule has 0 unspecified atom stereocenters. The molecule has 6 nitrogen and oxygen atoms in total. The van der Waals surface area contributed by atoms with E-state index in [0.717, 1.165) is 4.57 Å². The number of halogens is 1. The molecule has 2 aromatic carbocycles. The van der Waals surface area contributed by atoms with Gasteiger partial charge in [0.15, 0.2) is 5.65 Å². The Hall–Kier alpha value is -3.74. The van der Waals surface area contributed by atoms with E-state index in [1.807, 2.05) is 0 Å². The molecule has 0 saturated heterocycles. The molecule has 4 rings (SSSR count). The number of aromatic nitrogens is 3. The Bertz CT molecular complexity index is 1280. The van der Waals surface area contributed by atoms with Gasteiger partial charge in [0.05, 0.1) is 24.7 Å². The topological polar surface area (TPSA) is 66.1 Å². The van der Waals surface area contributed by atoms with E-state index in [4.69, 9.17) is 4.74 Å². The number of methoxy groups -OCH3 is 1. The Labute approximate surface area is 159 Å². The van der Waals surface area contributed by atoms with Crippen LogP contribution in [0.2, 0.25) is 0 Å². The highest BCUT2D eigenvalue weighted by atomic mass is 19.1. The third kappa shape index (κ3) is 3.07. The molecule has 0 aliphatic heterocycles. The summed E-state index contributed by atoms with van der Waals surface area (Å²) < 4.78 is 21.2. The summed E-state index contributed by atoms with van der Waals surface area (Å²) in [5.74, 6) is 0.214. The normalized spacial score (nSPS) is 10.9. The van der Waals surface area contributed by atoms with Gasteiger partial charge in [0.1, 0.15) is 11.6 Å². The van der Waals surface area contributed by atoms with Crippen molar-refractivity contribution in [1.29, 1.82) is 0 Å². The number of ether oxygens (including phenoxy) is 1. The molecule has 4 aromatic rings. The van der Waals surface area contributed by atoms with Crippen LogP contribution in [0.5, 0.6) is 5.75 Å². The molecule has 0 aliphatic carbocycles. The van der Waals surface area contributed by atoms with Gasteiger partial charge < -0.3 is 4.74 Å². The van der Waals surface area contributed by atoms with Gasteiger partial charge in [-0.1, -0.05) is 12.1 Å². The van der Waals surface area contributed by atoms with E-state index < -0.39 is 17.1 Å². The number of pyridine rings is 1. The van der Waals surface area contributed by atoms with Crippen LogP contribution in [0.25, 0.3) is 16.7 Å². The highest BCUT2D eigenvalue weighted by Crippen LogP contribution is 2.16. The SMILES string of the molecule is COc1ccc(-n2c(=O)n(Cc3cccc(F)c3)c(=O)c3cccnc32)cc1. The molecule has 2 heterocycles. The standard InChI is InChI=1S/C21H16FN3O3/c1-28-17-9-7-16(8-10-17)25-19-18(6-3-11-23-19)20(26)24(21(25)27)13-14-4-2-5-15(22)12-14/h2-12H,13H2,1H3. The first kappa shape index (κ1) is 17.7. The van der Waals surface area contributed by atoms with E-state index in [2.05, 4.69) is 4.98 Å². The molecule has 28 heavy (non-hydrogen) atoms. The molecule has 0 bridgehead atoms. The maximum atomic E-state index is 13.5. The number of fused-ring (bicyclic) bond motifs is 1. The van der Waals surface area contributed by atoms with Gasteiger partial charge in [-0.25, -0.2) is 18.7 Å².